The van der Waals surface area contributed by atoms with Crippen LogP contribution in [0.25, 0.3) is 0 Å². The highest BCUT2D eigenvalue weighted by atomic mass is 16.5. The minimum Gasteiger partial charge on any atom is -0.466 e. The van der Waals surface area contributed by atoms with Gasteiger partial charge in [-0.3, -0.25) is 0 Å². The Morgan fingerprint density at radius 2 is 1.67 bits per heavy atom. The molecular formula is C20H28O4. The van der Waals surface area contributed by atoms with Crippen LogP contribution in [0.4, 0.5) is 0 Å². The van der Waals surface area contributed by atoms with Crippen LogP contribution in [0.2, 0.25) is 0 Å². The predicted octanol–water partition coefficient (Wildman–Crippen LogP) is 3.67. The van der Waals surface area contributed by atoms with Gasteiger partial charge in [0, 0.05) is 11.8 Å². The third-order valence-corrected chi connectivity index (χ3v) is 5.96. The van der Waals surface area contributed by atoms with Crippen LogP contribution in [0, 0.1) is 29.6 Å². The highest BCUT2D eigenvalue weighted by molar-refractivity contribution is 6.03. The summed E-state index contributed by atoms with van der Waals surface area (Å²) in [6.07, 6.45) is 8.00. The smallest absolute Gasteiger partial charge is 0.335 e. The van der Waals surface area contributed by atoms with Crippen molar-refractivity contribution in [2.24, 2.45) is 29.6 Å². The molecule has 0 aromatic heterocycles. The molecule has 132 valence electrons. The minimum atomic E-state index is -0.392. The molecule has 5 atom stereocenters. The lowest BCUT2D eigenvalue weighted by atomic mass is 9.75. The van der Waals surface area contributed by atoms with Gasteiger partial charge < -0.3 is 9.47 Å². The Bertz CT molecular complexity index is 586. The summed E-state index contributed by atoms with van der Waals surface area (Å²) >= 11 is 0. The van der Waals surface area contributed by atoms with Crippen molar-refractivity contribution in [3.8, 4) is 0 Å². The molecule has 0 heterocycles. The molecule has 0 amide bonds. The van der Waals surface area contributed by atoms with Crippen LogP contribution in [0.3, 0.4) is 0 Å². The number of methoxy groups -OCH3 is 1. The summed E-state index contributed by atoms with van der Waals surface area (Å²) in [6.45, 7) is 6.61. The first-order chi connectivity index (χ1) is 11.4. The third-order valence-electron chi connectivity index (χ3n) is 5.96. The van der Waals surface area contributed by atoms with Gasteiger partial charge in [-0.1, -0.05) is 39.3 Å². The Hall–Kier alpha value is -1.58. The monoisotopic (exact) mass is 332 g/mol. The number of carbonyl (C=O) groups excluding carboxylic acids is 2. The van der Waals surface area contributed by atoms with E-state index in [4.69, 9.17) is 9.47 Å². The van der Waals surface area contributed by atoms with Crippen LogP contribution >= 0.6 is 0 Å². The summed E-state index contributed by atoms with van der Waals surface area (Å²) in [5.74, 6) is 0.789. The molecule has 0 aromatic rings. The van der Waals surface area contributed by atoms with E-state index in [0.29, 0.717) is 28.9 Å². The maximum absolute atomic E-state index is 12.9. The lowest BCUT2D eigenvalue weighted by Gasteiger charge is -2.37. The Balaban J connectivity index is 1.80. The van der Waals surface area contributed by atoms with Gasteiger partial charge in [-0.25, -0.2) is 9.59 Å². The molecule has 0 radical (unpaired) electrons. The normalized spacial score (nSPS) is 34.8. The van der Waals surface area contributed by atoms with E-state index in [9.17, 15) is 9.59 Å². The van der Waals surface area contributed by atoms with E-state index < -0.39 is 5.97 Å². The van der Waals surface area contributed by atoms with E-state index in [-0.39, 0.29) is 23.9 Å². The predicted molar refractivity (Wildman–Crippen MR) is 91.0 cm³/mol. The number of hydrogen-bond donors (Lipinski definition) is 0. The zero-order valence-electron chi connectivity index (χ0n) is 15.1. The van der Waals surface area contributed by atoms with E-state index in [1.807, 2.05) is 12.2 Å². The van der Waals surface area contributed by atoms with Crippen molar-refractivity contribution >= 4 is 11.9 Å². The summed E-state index contributed by atoms with van der Waals surface area (Å²) in [5, 5.41) is 0. The second-order valence-corrected chi connectivity index (χ2v) is 7.92. The van der Waals surface area contributed by atoms with Crippen LogP contribution in [-0.4, -0.2) is 25.2 Å². The second-order valence-electron chi connectivity index (χ2n) is 7.92. The van der Waals surface area contributed by atoms with Crippen LogP contribution in [0.1, 0.15) is 46.5 Å². The van der Waals surface area contributed by atoms with Crippen molar-refractivity contribution in [2.75, 3.05) is 7.11 Å². The Labute approximate surface area is 144 Å². The molecule has 0 spiro atoms. The molecule has 2 unspecified atom stereocenters. The van der Waals surface area contributed by atoms with Gasteiger partial charge >= 0.3 is 11.9 Å². The van der Waals surface area contributed by atoms with Gasteiger partial charge in [0.1, 0.15) is 6.10 Å². The van der Waals surface area contributed by atoms with Gasteiger partial charge in [0.25, 0.3) is 0 Å². The highest BCUT2D eigenvalue weighted by Crippen LogP contribution is 2.45. The molecule has 24 heavy (non-hydrogen) atoms. The zero-order chi connectivity index (χ0) is 17.4. The largest absolute Gasteiger partial charge is 0.466 e. The van der Waals surface area contributed by atoms with E-state index in [0.717, 1.165) is 19.3 Å². The third kappa shape index (κ3) is 3.03. The fraction of sp³-hybridized carbons (Fsp3) is 0.700. The molecule has 3 aliphatic rings. The average molecular weight is 332 g/mol. The van der Waals surface area contributed by atoms with E-state index in [1.165, 1.54) is 13.5 Å². The molecule has 1 fully saturated rings. The molecule has 0 N–H and O–H groups in total. The fourth-order valence-electron chi connectivity index (χ4n) is 4.61. The molecule has 2 bridgehead atoms. The number of ether oxygens (including phenoxy) is 2. The molecule has 0 aromatic carbocycles. The fourth-order valence-corrected chi connectivity index (χ4v) is 4.61. The van der Waals surface area contributed by atoms with Crippen LogP contribution in [0.5, 0.6) is 0 Å². The van der Waals surface area contributed by atoms with Gasteiger partial charge in [0.2, 0.25) is 0 Å². The van der Waals surface area contributed by atoms with Crippen molar-refractivity contribution in [1.29, 1.82) is 0 Å². The van der Waals surface area contributed by atoms with Crippen molar-refractivity contribution in [3.63, 3.8) is 0 Å². The first-order valence-electron chi connectivity index (χ1n) is 9.14. The summed E-state index contributed by atoms with van der Waals surface area (Å²) < 4.78 is 10.9. The van der Waals surface area contributed by atoms with Gasteiger partial charge in [-0.15, -0.1) is 0 Å². The Kier molecular flexibility index (Phi) is 4.84. The standard InChI is InChI=1S/C20H28O4/c1-11(2)15-8-5-12(3)9-16(15)24-20(22)18-14-7-6-13(10-14)17(18)19(21)23-4/h6-7,11-16H,5,8-10H2,1-4H3/t12-,13?,14?,15+,16-/m1/s1. The van der Waals surface area contributed by atoms with E-state index >= 15 is 0 Å². The highest BCUT2D eigenvalue weighted by Gasteiger charge is 2.44. The van der Waals surface area contributed by atoms with Crippen molar-refractivity contribution in [2.45, 2.75) is 52.6 Å². The van der Waals surface area contributed by atoms with Gasteiger partial charge in [-0.2, -0.15) is 0 Å². The van der Waals surface area contributed by atoms with Crippen molar-refractivity contribution in [1.82, 2.24) is 0 Å². The summed E-state index contributed by atoms with van der Waals surface area (Å²) in [4.78, 5) is 25.0. The van der Waals surface area contributed by atoms with E-state index in [1.54, 1.807) is 0 Å². The molecular weight excluding hydrogens is 304 g/mol. The molecule has 0 aliphatic heterocycles. The first kappa shape index (κ1) is 17.2. The molecule has 0 saturated heterocycles. The number of esters is 2. The zero-order valence-corrected chi connectivity index (χ0v) is 15.1. The second kappa shape index (κ2) is 6.73. The van der Waals surface area contributed by atoms with Crippen molar-refractivity contribution in [3.05, 3.63) is 23.3 Å². The number of allylic oxidation sites excluding steroid dienone is 2. The van der Waals surface area contributed by atoms with Gasteiger partial charge in [-0.05, 0) is 37.0 Å². The topological polar surface area (TPSA) is 52.6 Å². The van der Waals surface area contributed by atoms with Crippen LogP contribution in [0.15, 0.2) is 23.3 Å². The number of rotatable bonds is 4. The maximum Gasteiger partial charge on any atom is 0.335 e. The lowest BCUT2D eigenvalue weighted by Crippen LogP contribution is -2.36. The van der Waals surface area contributed by atoms with Crippen LogP contribution in [-0.2, 0) is 19.1 Å². The Morgan fingerprint density at radius 3 is 2.25 bits per heavy atom. The summed E-state index contributed by atoms with van der Waals surface area (Å²) in [5.41, 5.74) is 1.05. The first-order valence-corrected chi connectivity index (χ1v) is 9.14. The number of carbonyl (C=O) groups is 2. The van der Waals surface area contributed by atoms with Crippen LogP contribution < -0.4 is 0 Å². The number of hydrogen-bond acceptors (Lipinski definition) is 4. The molecule has 4 heteroatoms. The quantitative estimate of drug-likeness (QED) is 0.582. The molecule has 3 aliphatic carbocycles. The minimum absolute atomic E-state index is 0.00936. The van der Waals surface area contributed by atoms with E-state index in [2.05, 4.69) is 20.8 Å². The SMILES string of the molecule is COC(=O)C1=C(C(=O)O[C@@H]2C[C@H](C)CC[C@H]2C(C)C)C2C=CC1C2. The maximum atomic E-state index is 12.9. The van der Waals surface area contributed by atoms with Crippen molar-refractivity contribution < 1.29 is 19.1 Å². The lowest BCUT2D eigenvalue weighted by molar-refractivity contribution is -0.152. The van der Waals surface area contributed by atoms with Gasteiger partial charge in [0.15, 0.2) is 0 Å². The summed E-state index contributed by atoms with van der Waals surface area (Å²) in [7, 11) is 1.37. The molecule has 4 nitrogen and oxygen atoms in total. The number of fused-ring (bicyclic) bond motifs is 2. The Morgan fingerprint density at radius 1 is 1.04 bits per heavy atom. The average Bonchev–Trinajstić information content (AvgIpc) is 3.14. The molecule has 1 saturated carbocycles. The van der Waals surface area contributed by atoms with Gasteiger partial charge in [0.05, 0.1) is 18.3 Å². The summed E-state index contributed by atoms with van der Waals surface area (Å²) in [6, 6.07) is 0. The molecule has 3 rings (SSSR count).